The standard InChI is InChI=1S/C30H40O11/c1-9-16-18(28(5)29(6,37)25(36)41-30(28)24(9)40-30)21(34)17-15-11(8-14(27(16,17)4)38-10(2)31)26(3)12(19(32)20(15)33)7-13-22(39-13)23(26)35/h9,11-18,20-24,33-35,37H,7-8H2,1-6H3/t9-,11-,12+,13-,14-,15+,16-,17+,18-,20+,21+,22-,23-,24-,26+,27+,28-,29+,30+/m0/s1. The summed E-state index contributed by atoms with van der Waals surface area (Å²) in [6, 6.07) is 0. The van der Waals surface area contributed by atoms with Crippen molar-refractivity contribution in [1.82, 2.24) is 0 Å². The molecule has 4 N–H and O–H groups in total. The van der Waals surface area contributed by atoms with Crippen molar-refractivity contribution >= 4 is 17.7 Å². The van der Waals surface area contributed by atoms with Gasteiger partial charge in [-0.15, -0.1) is 0 Å². The van der Waals surface area contributed by atoms with Crippen molar-refractivity contribution in [2.24, 2.45) is 57.7 Å². The van der Waals surface area contributed by atoms with Crippen LogP contribution in [0.4, 0.5) is 0 Å². The second-order valence-corrected chi connectivity index (χ2v) is 15.3. The van der Waals surface area contributed by atoms with Gasteiger partial charge in [-0.2, -0.15) is 0 Å². The molecule has 0 bridgehead atoms. The Morgan fingerprint density at radius 3 is 2.34 bits per heavy atom. The summed E-state index contributed by atoms with van der Waals surface area (Å²) in [4.78, 5) is 39.6. The fraction of sp³-hybridized carbons (Fsp3) is 0.900. The number of hydrogen-bond acceptors (Lipinski definition) is 11. The Hall–Kier alpha value is -1.63. The number of carbonyl (C=O) groups excluding carboxylic acids is 3. The lowest BCUT2D eigenvalue weighted by Crippen LogP contribution is -2.69. The normalized spacial score (nSPS) is 66.3. The van der Waals surface area contributed by atoms with Crippen LogP contribution in [0.3, 0.4) is 0 Å². The predicted octanol–water partition coefficient (Wildman–Crippen LogP) is -0.0594. The number of aliphatic hydroxyl groups is 4. The van der Waals surface area contributed by atoms with Gasteiger partial charge in [0.1, 0.15) is 24.4 Å². The van der Waals surface area contributed by atoms with E-state index in [9.17, 15) is 34.8 Å². The quantitative estimate of drug-likeness (QED) is 0.243. The average molecular weight is 577 g/mol. The summed E-state index contributed by atoms with van der Waals surface area (Å²) in [6.45, 7) is 10.2. The van der Waals surface area contributed by atoms with Crippen molar-refractivity contribution in [2.45, 2.75) is 108 Å². The molecule has 8 rings (SSSR count). The predicted molar refractivity (Wildman–Crippen MR) is 135 cm³/mol. The van der Waals surface area contributed by atoms with Gasteiger partial charge < -0.3 is 39.4 Å². The molecule has 0 unspecified atom stereocenters. The first-order chi connectivity index (χ1) is 19.0. The molecule has 0 radical (unpaired) electrons. The zero-order valence-electron chi connectivity index (χ0n) is 24.1. The minimum absolute atomic E-state index is 0.223. The Morgan fingerprint density at radius 2 is 1.68 bits per heavy atom. The van der Waals surface area contributed by atoms with Crippen LogP contribution in [-0.4, -0.2) is 92.3 Å². The summed E-state index contributed by atoms with van der Waals surface area (Å²) < 4.78 is 23.7. The number of esters is 2. The van der Waals surface area contributed by atoms with Crippen LogP contribution >= 0.6 is 0 Å². The van der Waals surface area contributed by atoms with E-state index in [2.05, 4.69) is 0 Å². The highest BCUT2D eigenvalue weighted by Crippen LogP contribution is 2.80. The van der Waals surface area contributed by atoms with Gasteiger partial charge in [-0.05, 0) is 44.4 Å². The summed E-state index contributed by atoms with van der Waals surface area (Å²) in [5, 5.41) is 47.5. The largest absolute Gasteiger partial charge is 0.462 e. The van der Waals surface area contributed by atoms with Gasteiger partial charge in [0.2, 0.25) is 5.79 Å². The maximum atomic E-state index is 13.9. The third-order valence-corrected chi connectivity index (χ3v) is 14.2. The van der Waals surface area contributed by atoms with Crippen LogP contribution in [0.2, 0.25) is 0 Å². The number of hydrogen-bond donors (Lipinski definition) is 4. The summed E-state index contributed by atoms with van der Waals surface area (Å²) in [6.07, 6.45) is -4.75. The number of ketones is 1. The first kappa shape index (κ1) is 27.0. The highest BCUT2D eigenvalue weighted by molar-refractivity contribution is 5.88. The van der Waals surface area contributed by atoms with Crippen molar-refractivity contribution in [3.8, 4) is 0 Å². The van der Waals surface area contributed by atoms with Crippen molar-refractivity contribution in [3.63, 3.8) is 0 Å². The maximum absolute atomic E-state index is 13.9. The second kappa shape index (κ2) is 7.35. The van der Waals surface area contributed by atoms with E-state index in [1.165, 1.54) is 13.8 Å². The SMILES string of the molecule is CC(=O)O[C@H]1C[C@H]2[C@H]([C@@H]3[C@@H](O)[C@@H]4[C@H]([C@H](C)[C@@H]5O[C@@]56OC(=O)[C@@](C)(O)[C@]46C)[C@]31C)[C@@H](O)C(=O)[C@H]1C[C@@H]3O[C@@H]3[C@H](O)[C@@]12C. The van der Waals surface area contributed by atoms with Gasteiger partial charge in [0.05, 0.1) is 23.7 Å². The lowest BCUT2D eigenvalue weighted by Gasteiger charge is -2.63. The molecule has 3 aliphatic heterocycles. The molecule has 5 aliphatic carbocycles. The zero-order valence-corrected chi connectivity index (χ0v) is 24.1. The Bertz CT molecular complexity index is 1280. The molecule has 0 aromatic rings. The van der Waals surface area contributed by atoms with Gasteiger partial charge in [-0.1, -0.05) is 20.8 Å². The Kier molecular flexibility index (Phi) is 4.83. The summed E-state index contributed by atoms with van der Waals surface area (Å²) in [7, 11) is 0. The van der Waals surface area contributed by atoms with Crippen molar-refractivity contribution < 1.29 is 53.8 Å². The summed E-state index contributed by atoms with van der Waals surface area (Å²) in [5.74, 6) is -7.10. The molecular formula is C30H40O11. The number of aliphatic hydroxyl groups excluding tert-OH is 3. The van der Waals surface area contributed by atoms with Crippen LogP contribution in [-0.2, 0) is 33.3 Å². The van der Waals surface area contributed by atoms with Gasteiger partial charge in [0.25, 0.3) is 0 Å². The van der Waals surface area contributed by atoms with Crippen LogP contribution < -0.4 is 0 Å². The van der Waals surface area contributed by atoms with Crippen LogP contribution in [0.1, 0.15) is 54.4 Å². The van der Waals surface area contributed by atoms with Crippen LogP contribution in [0.5, 0.6) is 0 Å². The molecule has 8 fully saturated rings. The molecule has 0 aromatic heterocycles. The molecule has 11 nitrogen and oxygen atoms in total. The van der Waals surface area contributed by atoms with Gasteiger partial charge in [0, 0.05) is 41.4 Å². The molecular weight excluding hydrogens is 536 g/mol. The molecule has 0 amide bonds. The molecule has 5 saturated carbocycles. The van der Waals surface area contributed by atoms with Gasteiger partial charge >= 0.3 is 11.9 Å². The van der Waals surface area contributed by atoms with E-state index in [1.807, 2.05) is 20.8 Å². The van der Waals surface area contributed by atoms with Crippen LogP contribution in [0.25, 0.3) is 0 Å². The summed E-state index contributed by atoms with van der Waals surface area (Å²) >= 11 is 0. The lowest BCUT2D eigenvalue weighted by atomic mass is 9.42. The molecule has 226 valence electrons. The Labute approximate surface area is 237 Å². The fourth-order valence-corrected chi connectivity index (χ4v) is 12.1. The topological polar surface area (TPSA) is 176 Å². The van der Waals surface area contributed by atoms with E-state index in [0.717, 1.165) is 0 Å². The third-order valence-electron chi connectivity index (χ3n) is 14.2. The molecule has 3 saturated heterocycles. The third kappa shape index (κ3) is 2.58. The number of epoxide rings is 2. The van der Waals surface area contributed by atoms with Crippen molar-refractivity contribution in [2.75, 3.05) is 0 Å². The lowest BCUT2D eigenvalue weighted by molar-refractivity contribution is -0.230. The number of Topliss-reactive ketones (excluding diaryl/α,β-unsaturated/α-hetero) is 1. The highest BCUT2D eigenvalue weighted by atomic mass is 16.8. The minimum atomic E-state index is -1.98. The minimum Gasteiger partial charge on any atom is -0.462 e. The van der Waals surface area contributed by atoms with E-state index in [1.54, 1.807) is 6.92 Å². The van der Waals surface area contributed by atoms with Crippen LogP contribution in [0.15, 0.2) is 0 Å². The maximum Gasteiger partial charge on any atom is 0.341 e. The smallest absolute Gasteiger partial charge is 0.341 e. The fourth-order valence-electron chi connectivity index (χ4n) is 12.1. The van der Waals surface area contributed by atoms with E-state index in [-0.39, 0.29) is 24.2 Å². The van der Waals surface area contributed by atoms with Gasteiger partial charge in [0.15, 0.2) is 11.4 Å². The Balaban J connectivity index is 1.32. The number of ether oxygens (including phenoxy) is 4. The number of rotatable bonds is 1. The molecule has 1 spiro atoms. The molecule has 11 heteroatoms. The molecule has 19 atom stereocenters. The first-order valence-electron chi connectivity index (χ1n) is 15.1. The number of carbonyl (C=O) groups is 3. The van der Waals surface area contributed by atoms with Gasteiger partial charge in [-0.3, -0.25) is 9.59 Å². The van der Waals surface area contributed by atoms with Crippen molar-refractivity contribution in [3.05, 3.63) is 0 Å². The molecule has 41 heavy (non-hydrogen) atoms. The van der Waals surface area contributed by atoms with Gasteiger partial charge in [-0.25, -0.2) is 4.79 Å². The zero-order chi connectivity index (χ0) is 29.6. The molecule has 0 aromatic carbocycles. The number of fused-ring (bicyclic) bond motifs is 9. The van der Waals surface area contributed by atoms with Crippen LogP contribution in [0, 0.1) is 57.7 Å². The second-order valence-electron chi connectivity index (χ2n) is 15.3. The first-order valence-corrected chi connectivity index (χ1v) is 15.1. The monoisotopic (exact) mass is 576 g/mol. The van der Waals surface area contributed by atoms with Crippen molar-refractivity contribution in [1.29, 1.82) is 0 Å². The average Bonchev–Trinajstić information content (AvgIpc) is 3.79. The molecule has 8 aliphatic rings. The molecule has 3 heterocycles. The highest BCUT2D eigenvalue weighted by Gasteiger charge is 2.92. The van der Waals surface area contributed by atoms with E-state index >= 15 is 0 Å². The summed E-state index contributed by atoms with van der Waals surface area (Å²) in [5.41, 5.74) is -5.26. The Morgan fingerprint density at radius 1 is 1.00 bits per heavy atom. The van der Waals surface area contributed by atoms with E-state index < -0.39 is 112 Å². The van der Waals surface area contributed by atoms with E-state index in [0.29, 0.717) is 6.42 Å². The van der Waals surface area contributed by atoms with E-state index in [4.69, 9.17) is 18.9 Å².